The number of nitrogen functional groups attached to an aromatic ring is 1. The Balaban J connectivity index is 2.12. The summed E-state index contributed by atoms with van der Waals surface area (Å²) >= 11 is 3.58. The number of halogens is 1. The maximum atomic E-state index is 5.80. The van der Waals surface area contributed by atoms with Crippen LogP contribution in [-0.2, 0) is 6.54 Å². The Labute approximate surface area is 99.6 Å². The van der Waals surface area contributed by atoms with E-state index in [4.69, 9.17) is 5.73 Å². The van der Waals surface area contributed by atoms with Gasteiger partial charge in [-0.1, -0.05) is 15.9 Å². The molecule has 1 unspecified atom stereocenters. The average molecular weight is 269 g/mol. The van der Waals surface area contributed by atoms with Gasteiger partial charge in [0.15, 0.2) is 0 Å². The fraction of sp³-hybridized carbons (Fsp3) is 0.500. The predicted octanol–water partition coefficient (Wildman–Crippen LogP) is 3.02. The summed E-state index contributed by atoms with van der Waals surface area (Å²) in [6.07, 6.45) is 2.64. The van der Waals surface area contributed by atoms with Crippen molar-refractivity contribution in [3.05, 3.63) is 28.2 Å². The molecule has 1 saturated heterocycles. The molecule has 1 atom stereocenters. The maximum Gasteiger partial charge on any atom is 0.0318 e. The summed E-state index contributed by atoms with van der Waals surface area (Å²) < 4.78 is 1.16. The number of likely N-dealkylation sites (tertiary alicyclic amines) is 1. The number of nitrogens with zero attached hydrogens (tertiary/aromatic N) is 1. The number of rotatable bonds is 2. The van der Waals surface area contributed by atoms with Crippen LogP contribution < -0.4 is 5.73 Å². The zero-order valence-corrected chi connectivity index (χ0v) is 10.6. The summed E-state index contributed by atoms with van der Waals surface area (Å²) in [6.45, 7) is 4.52. The van der Waals surface area contributed by atoms with Crippen molar-refractivity contribution in [3.8, 4) is 0 Å². The van der Waals surface area contributed by atoms with Crippen molar-refractivity contribution in [2.75, 3.05) is 12.3 Å². The van der Waals surface area contributed by atoms with E-state index in [2.05, 4.69) is 33.8 Å². The fourth-order valence-corrected chi connectivity index (χ4v) is 2.53. The number of nitrogens with two attached hydrogens (primary N) is 1. The summed E-state index contributed by atoms with van der Waals surface area (Å²) in [6, 6.07) is 6.74. The van der Waals surface area contributed by atoms with E-state index in [0.717, 1.165) is 16.7 Å². The lowest BCUT2D eigenvalue weighted by Gasteiger charge is -2.21. The first-order valence-electron chi connectivity index (χ1n) is 5.45. The van der Waals surface area contributed by atoms with Gasteiger partial charge < -0.3 is 5.73 Å². The molecule has 2 N–H and O–H groups in total. The smallest absolute Gasteiger partial charge is 0.0318 e. The quantitative estimate of drug-likeness (QED) is 0.836. The van der Waals surface area contributed by atoms with Crippen LogP contribution in [0.15, 0.2) is 22.7 Å². The van der Waals surface area contributed by atoms with E-state index in [1.165, 1.54) is 24.9 Å². The van der Waals surface area contributed by atoms with Crippen LogP contribution in [0.2, 0.25) is 0 Å². The Morgan fingerprint density at radius 1 is 1.53 bits per heavy atom. The number of benzene rings is 1. The van der Waals surface area contributed by atoms with Crippen molar-refractivity contribution in [2.24, 2.45) is 0 Å². The molecule has 1 aliphatic rings. The second kappa shape index (κ2) is 4.54. The van der Waals surface area contributed by atoms with E-state index in [1.54, 1.807) is 0 Å². The highest BCUT2D eigenvalue weighted by atomic mass is 79.9. The second-order valence-electron chi connectivity index (χ2n) is 4.31. The second-order valence-corrected chi connectivity index (χ2v) is 5.17. The van der Waals surface area contributed by atoms with Gasteiger partial charge in [0.2, 0.25) is 0 Å². The molecule has 1 aromatic carbocycles. The van der Waals surface area contributed by atoms with Crippen molar-refractivity contribution in [1.29, 1.82) is 0 Å². The van der Waals surface area contributed by atoms with E-state index >= 15 is 0 Å². The minimum Gasteiger partial charge on any atom is -0.399 e. The van der Waals surface area contributed by atoms with Crippen molar-refractivity contribution in [2.45, 2.75) is 32.4 Å². The van der Waals surface area contributed by atoms with Crippen LogP contribution in [0.3, 0.4) is 0 Å². The van der Waals surface area contributed by atoms with Crippen LogP contribution in [0.1, 0.15) is 25.3 Å². The molecule has 1 aliphatic heterocycles. The highest BCUT2D eigenvalue weighted by Crippen LogP contribution is 2.25. The highest BCUT2D eigenvalue weighted by molar-refractivity contribution is 9.10. The minimum atomic E-state index is 0.707. The first kappa shape index (κ1) is 11.0. The molecule has 1 fully saturated rings. The van der Waals surface area contributed by atoms with Gasteiger partial charge in [0.1, 0.15) is 0 Å². The Morgan fingerprint density at radius 3 is 3.00 bits per heavy atom. The summed E-state index contributed by atoms with van der Waals surface area (Å²) in [5, 5.41) is 0. The van der Waals surface area contributed by atoms with Crippen molar-refractivity contribution < 1.29 is 0 Å². The Kier molecular flexibility index (Phi) is 3.32. The summed E-state index contributed by atoms with van der Waals surface area (Å²) in [4.78, 5) is 2.51. The van der Waals surface area contributed by atoms with Gasteiger partial charge in [-0.25, -0.2) is 0 Å². The fourth-order valence-electron chi connectivity index (χ4n) is 2.16. The molecule has 0 saturated carbocycles. The molecular weight excluding hydrogens is 252 g/mol. The molecule has 0 spiro atoms. The summed E-state index contributed by atoms with van der Waals surface area (Å²) in [5.41, 5.74) is 7.94. The van der Waals surface area contributed by atoms with E-state index in [1.807, 2.05) is 12.1 Å². The van der Waals surface area contributed by atoms with Gasteiger partial charge >= 0.3 is 0 Å². The molecule has 1 aromatic rings. The molecule has 2 rings (SSSR count). The van der Waals surface area contributed by atoms with Crippen LogP contribution >= 0.6 is 15.9 Å². The number of anilines is 1. The van der Waals surface area contributed by atoms with Crippen molar-refractivity contribution >= 4 is 21.6 Å². The molecule has 0 amide bonds. The van der Waals surface area contributed by atoms with Crippen LogP contribution in [0, 0.1) is 0 Å². The van der Waals surface area contributed by atoms with Gasteiger partial charge in [-0.3, -0.25) is 4.90 Å². The SMILES string of the molecule is CC1CCCN1Cc1cc(N)ccc1Br. The normalized spacial score (nSPS) is 22.1. The molecular formula is C12H17BrN2. The van der Waals surface area contributed by atoms with Gasteiger partial charge in [-0.05, 0) is 50.1 Å². The van der Waals surface area contributed by atoms with E-state index in [-0.39, 0.29) is 0 Å². The highest BCUT2D eigenvalue weighted by Gasteiger charge is 2.20. The zero-order valence-electron chi connectivity index (χ0n) is 9.04. The van der Waals surface area contributed by atoms with E-state index in [0.29, 0.717) is 6.04 Å². The Bertz CT molecular complexity index is 351. The predicted molar refractivity (Wildman–Crippen MR) is 67.7 cm³/mol. The first-order chi connectivity index (χ1) is 7.16. The van der Waals surface area contributed by atoms with Gasteiger partial charge in [-0.15, -0.1) is 0 Å². The van der Waals surface area contributed by atoms with Gasteiger partial charge in [-0.2, -0.15) is 0 Å². The average Bonchev–Trinajstić information content (AvgIpc) is 2.58. The van der Waals surface area contributed by atoms with Crippen LogP contribution in [-0.4, -0.2) is 17.5 Å². The third kappa shape index (κ3) is 2.52. The van der Waals surface area contributed by atoms with Crippen LogP contribution in [0.25, 0.3) is 0 Å². The Morgan fingerprint density at radius 2 is 2.33 bits per heavy atom. The third-order valence-electron chi connectivity index (χ3n) is 3.13. The lowest BCUT2D eigenvalue weighted by atomic mass is 10.2. The van der Waals surface area contributed by atoms with Crippen LogP contribution in [0.4, 0.5) is 5.69 Å². The summed E-state index contributed by atoms with van der Waals surface area (Å²) in [7, 11) is 0. The molecule has 15 heavy (non-hydrogen) atoms. The minimum absolute atomic E-state index is 0.707. The van der Waals surface area contributed by atoms with Crippen LogP contribution in [0.5, 0.6) is 0 Å². The topological polar surface area (TPSA) is 29.3 Å². The molecule has 0 bridgehead atoms. The Hall–Kier alpha value is -0.540. The standard InChI is InChI=1S/C12H17BrN2/c1-9-3-2-6-15(9)8-10-7-11(14)4-5-12(10)13/h4-5,7,9H,2-3,6,8,14H2,1H3. The summed E-state index contributed by atoms with van der Waals surface area (Å²) in [5.74, 6) is 0. The molecule has 0 aliphatic carbocycles. The largest absolute Gasteiger partial charge is 0.399 e. The van der Waals surface area contributed by atoms with Crippen molar-refractivity contribution in [1.82, 2.24) is 4.90 Å². The monoisotopic (exact) mass is 268 g/mol. The first-order valence-corrected chi connectivity index (χ1v) is 6.24. The lowest BCUT2D eigenvalue weighted by Crippen LogP contribution is -2.26. The molecule has 0 radical (unpaired) electrons. The lowest BCUT2D eigenvalue weighted by molar-refractivity contribution is 0.260. The molecule has 82 valence electrons. The third-order valence-corrected chi connectivity index (χ3v) is 3.91. The van der Waals surface area contributed by atoms with Gasteiger partial charge in [0.25, 0.3) is 0 Å². The zero-order chi connectivity index (χ0) is 10.8. The van der Waals surface area contributed by atoms with E-state index < -0.39 is 0 Å². The molecule has 0 aromatic heterocycles. The number of hydrogen-bond acceptors (Lipinski definition) is 2. The number of hydrogen-bond donors (Lipinski definition) is 1. The van der Waals surface area contributed by atoms with Crippen molar-refractivity contribution in [3.63, 3.8) is 0 Å². The molecule has 1 heterocycles. The maximum absolute atomic E-state index is 5.80. The molecule has 2 nitrogen and oxygen atoms in total. The molecule has 3 heteroatoms. The van der Waals surface area contributed by atoms with Gasteiger partial charge in [0.05, 0.1) is 0 Å². The van der Waals surface area contributed by atoms with Gasteiger partial charge in [0, 0.05) is 22.7 Å². The van der Waals surface area contributed by atoms with E-state index in [9.17, 15) is 0 Å².